The molecule has 134 valence electrons. The average Bonchev–Trinajstić information content (AvgIpc) is 2.60. The van der Waals surface area contributed by atoms with Crippen LogP contribution in [0.5, 0.6) is 5.75 Å². The molecule has 0 unspecified atom stereocenters. The van der Waals surface area contributed by atoms with E-state index in [1.165, 1.54) is 30.0 Å². The van der Waals surface area contributed by atoms with Gasteiger partial charge in [0.15, 0.2) is 0 Å². The fraction of sp³-hybridized carbons (Fsp3) is 0.111. The number of hydrogen-bond acceptors (Lipinski definition) is 4. The molecule has 1 heterocycles. The number of halogens is 2. The van der Waals surface area contributed by atoms with Gasteiger partial charge in [-0.15, -0.1) is 11.8 Å². The van der Waals surface area contributed by atoms with Crippen LogP contribution in [0.1, 0.15) is 5.56 Å². The monoisotopic (exact) mass is 376 g/mol. The number of nitrogens with one attached hydrogen (secondary N) is 2. The van der Waals surface area contributed by atoms with Gasteiger partial charge in [0, 0.05) is 22.2 Å². The van der Waals surface area contributed by atoms with Crippen LogP contribution in [0.2, 0.25) is 0 Å². The van der Waals surface area contributed by atoms with Crippen molar-refractivity contribution in [3.63, 3.8) is 0 Å². The van der Waals surface area contributed by atoms with Gasteiger partial charge in [0.25, 0.3) is 0 Å². The highest BCUT2D eigenvalue weighted by molar-refractivity contribution is 8.00. The van der Waals surface area contributed by atoms with E-state index >= 15 is 0 Å². The first-order valence-electron chi connectivity index (χ1n) is 7.61. The molecule has 3 rings (SSSR count). The molecule has 0 fully saturated rings. The first kappa shape index (κ1) is 17.9. The molecule has 1 aliphatic rings. The molecule has 0 atom stereocenters. The van der Waals surface area contributed by atoms with E-state index in [0.717, 1.165) is 4.90 Å². The van der Waals surface area contributed by atoms with Gasteiger partial charge >= 0.3 is 6.61 Å². The molecular formula is C18H14F2N2O3S. The van der Waals surface area contributed by atoms with E-state index in [2.05, 4.69) is 15.4 Å². The Morgan fingerprint density at radius 1 is 1.27 bits per heavy atom. The maximum absolute atomic E-state index is 12.4. The molecule has 2 amide bonds. The molecule has 0 aromatic heterocycles. The molecule has 2 N–H and O–H groups in total. The zero-order valence-electron chi connectivity index (χ0n) is 13.4. The lowest BCUT2D eigenvalue weighted by Crippen LogP contribution is -2.19. The SMILES string of the molecule is O=C(/C=C/c1ccccc1OC(F)F)Nc1ccc2c(c1)NC(=O)CS2. The number of hydrogen-bond donors (Lipinski definition) is 2. The molecule has 26 heavy (non-hydrogen) atoms. The van der Waals surface area contributed by atoms with Crippen LogP contribution in [0.3, 0.4) is 0 Å². The summed E-state index contributed by atoms with van der Waals surface area (Å²) in [5, 5.41) is 5.40. The van der Waals surface area contributed by atoms with Crippen molar-refractivity contribution in [2.24, 2.45) is 0 Å². The molecule has 2 aromatic carbocycles. The molecule has 2 aromatic rings. The predicted octanol–water partition coefficient (Wildman–Crippen LogP) is 3.98. The number of benzene rings is 2. The maximum Gasteiger partial charge on any atom is 0.387 e. The first-order chi connectivity index (χ1) is 12.5. The summed E-state index contributed by atoms with van der Waals surface area (Å²) >= 11 is 1.42. The number of carbonyl (C=O) groups excluding carboxylic acids is 2. The van der Waals surface area contributed by atoms with Crippen LogP contribution in [0.4, 0.5) is 20.2 Å². The van der Waals surface area contributed by atoms with E-state index < -0.39 is 12.5 Å². The van der Waals surface area contributed by atoms with Crippen molar-refractivity contribution < 1.29 is 23.1 Å². The Bertz CT molecular complexity index is 871. The highest BCUT2D eigenvalue weighted by Crippen LogP contribution is 2.33. The summed E-state index contributed by atoms with van der Waals surface area (Å²) in [6.07, 6.45) is 2.61. The van der Waals surface area contributed by atoms with Gasteiger partial charge in [-0.3, -0.25) is 9.59 Å². The van der Waals surface area contributed by atoms with Gasteiger partial charge < -0.3 is 15.4 Å². The third kappa shape index (κ3) is 4.60. The van der Waals surface area contributed by atoms with Crippen molar-refractivity contribution in [2.75, 3.05) is 16.4 Å². The van der Waals surface area contributed by atoms with E-state index in [9.17, 15) is 18.4 Å². The van der Waals surface area contributed by atoms with Crippen molar-refractivity contribution >= 4 is 41.0 Å². The largest absolute Gasteiger partial charge is 0.434 e. The van der Waals surface area contributed by atoms with Crippen molar-refractivity contribution in [2.45, 2.75) is 11.5 Å². The number of fused-ring (bicyclic) bond motifs is 1. The highest BCUT2D eigenvalue weighted by atomic mass is 32.2. The quantitative estimate of drug-likeness (QED) is 0.775. The fourth-order valence-corrected chi connectivity index (χ4v) is 3.12. The molecular weight excluding hydrogens is 362 g/mol. The molecule has 0 bridgehead atoms. The van der Waals surface area contributed by atoms with E-state index in [1.54, 1.807) is 30.3 Å². The number of anilines is 2. The summed E-state index contributed by atoms with van der Waals surface area (Å²) in [5.74, 6) is -0.185. The number of alkyl halides is 2. The number of rotatable bonds is 5. The summed E-state index contributed by atoms with van der Waals surface area (Å²) in [7, 11) is 0. The first-order valence-corrected chi connectivity index (χ1v) is 8.59. The van der Waals surface area contributed by atoms with E-state index in [4.69, 9.17) is 0 Å². The molecule has 0 aliphatic carbocycles. The molecule has 1 aliphatic heterocycles. The fourth-order valence-electron chi connectivity index (χ4n) is 2.33. The Kier molecular flexibility index (Phi) is 5.52. The standard InChI is InChI=1S/C18H14F2N2O3S/c19-18(20)25-14-4-2-1-3-11(14)5-8-16(23)21-12-6-7-15-13(9-12)22-17(24)10-26-15/h1-9,18H,10H2,(H,21,23)(H,22,24)/b8-5+. The second-order valence-electron chi connectivity index (χ2n) is 5.29. The second-order valence-corrected chi connectivity index (χ2v) is 6.30. The molecule has 0 saturated heterocycles. The Labute approximate surface area is 152 Å². The van der Waals surface area contributed by atoms with E-state index in [1.807, 2.05) is 6.07 Å². The summed E-state index contributed by atoms with van der Waals surface area (Å²) in [6.45, 7) is -2.94. The number of ether oxygens (including phenoxy) is 1. The van der Waals surface area contributed by atoms with Crippen LogP contribution in [0.15, 0.2) is 53.4 Å². The van der Waals surface area contributed by atoms with Crippen molar-refractivity contribution in [1.82, 2.24) is 0 Å². The van der Waals surface area contributed by atoms with Gasteiger partial charge in [-0.2, -0.15) is 8.78 Å². The lowest BCUT2D eigenvalue weighted by atomic mass is 10.2. The number of carbonyl (C=O) groups is 2. The number of thioether (sulfide) groups is 1. The summed E-state index contributed by atoms with van der Waals surface area (Å²) in [4.78, 5) is 24.4. The van der Waals surface area contributed by atoms with Crippen molar-refractivity contribution in [1.29, 1.82) is 0 Å². The minimum Gasteiger partial charge on any atom is -0.434 e. The molecule has 0 spiro atoms. The minimum atomic E-state index is -2.94. The van der Waals surface area contributed by atoms with Crippen LogP contribution in [-0.2, 0) is 9.59 Å². The van der Waals surface area contributed by atoms with Gasteiger partial charge in [-0.25, -0.2) is 0 Å². The maximum atomic E-state index is 12.4. The van der Waals surface area contributed by atoms with Crippen LogP contribution < -0.4 is 15.4 Å². The van der Waals surface area contributed by atoms with Gasteiger partial charge in [0.05, 0.1) is 11.4 Å². The summed E-state index contributed by atoms with van der Waals surface area (Å²) in [5.41, 5.74) is 1.51. The topological polar surface area (TPSA) is 67.4 Å². The average molecular weight is 376 g/mol. The van der Waals surface area contributed by atoms with E-state index in [-0.39, 0.29) is 11.7 Å². The summed E-state index contributed by atoms with van der Waals surface area (Å²) in [6, 6.07) is 11.4. The van der Waals surface area contributed by atoms with Crippen molar-refractivity contribution in [3.8, 4) is 5.75 Å². The number of para-hydroxylation sites is 1. The van der Waals surface area contributed by atoms with Gasteiger partial charge in [0.2, 0.25) is 11.8 Å². The van der Waals surface area contributed by atoms with Gasteiger partial charge in [-0.1, -0.05) is 18.2 Å². The molecule has 8 heteroatoms. The number of amides is 2. The van der Waals surface area contributed by atoms with Crippen molar-refractivity contribution in [3.05, 3.63) is 54.1 Å². The third-order valence-corrected chi connectivity index (χ3v) is 4.50. The normalized spacial score (nSPS) is 13.4. The lowest BCUT2D eigenvalue weighted by molar-refractivity contribution is -0.114. The summed E-state index contributed by atoms with van der Waals surface area (Å²) < 4.78 is 29.2. The Morgan fingerprint density at radius 2 is 2.08 bits per heavy atom. The Morgan fingerprint density at radius 3 is 2.88 bits per heavy atom. The predicted molar refractivity (Wildman–Crippen MR) is 96.5 cm³/mol. The van der Waals surface area contributed by atoms with Crippen LogP contribution in [0, 0.1) is 0 Å². The van der Waals surface area contributed by atoms with Crippen LogP contribution in [-0.4, -0.2) is 24.2 Å². The highest BCUT2D eigenvalue weighted by Gasteiger charge is 2.15. The molecule has 0 saturated carbocycles. The van der Waals surface area contributed by atoms with Gasteiger partial charge in [0.1, 0.15) is 5.75 Å². The van der Waals surface area contributed by atoms with Gasteiger partial charge in [-0.05, 0) is 30.3 Å². The van der Waals surface area contributed by atoms with E-state index in [0.29, 0.717) is 22.7 Å². The molecule has 0 radical (unpaired) electrons. The van der Waals surface area contributed by atoms with Crippen LogP contribution in [0.25, 0.3) is 6.08 Å². The second kappa shape index (κ2) is 8.01. The minimum absolute atomic E-state index is 0.0138. The zero-order chi connectivity index (χ0) is 18.5. The molecule has 5 nitrogen and oxygen atoms in total. The third-order valence-electron chi connectivity index (χ3n) is 3.43. The smallest absolute Gasteiger partial charge is 0.387 e. The zero-order valence-corrected chi connectivity index (χ0v) is 14.2. The Hall–Kier alpha value is -2.87. The lowest BCUT2D eigenvalue weighted by Gasteiger charge is -2.17. The van der Waals surface area contributed by atoms with Crippen LogP contribution >= 0.6 is 11.8 Å². The Balaban J connectivity index is 1.69.